The molecule has 2 atom stereocenters. The highest BCUT2D eigenvalue weighted by Crippen LogP contribution is 2.13. The smallest absolute Gasteiger partial charge is 0.374 e. The number of nitrogens with zero attached hydrogens (tertiary/aromatic N) is 1. The summed E-state index contributed by atoms with van der Waals surface area (Å²) in [5.74, 6) is -1.23. The largest absolute Gasteiger partial charge is 0.467 e. The molecule has 1 amide bonds. The lowest BCUT2D eigenvalue weighted by atomic mass is 9.87. The summed E-state index contributed by atoms with van der Waals surface area (Å²) in [6.07, 6.45) is 0. The lowest BCUT2D eigenvalue weighted by Crippen LogP contribution is -2.57. The first-order valence-corrected chi connectivity index (χ1v) is 10.0. The molecule has 0 aliphatic carbocycles. The Labute approximate surface area is 182 Å². The molecule has 0 heterocycles. The number of methoxy groups -OCH3 is 1. The molecule has 3 N–H and O–H groups in total. The van der Waals surface area contributed by atoms with Crippen molar-refractivity contribution in [2.45, 2.75) is 32.1 Å². The van der Waals surface area contributed by atoms with Gasteiger partial charge < -0.3 is 29.7 Å². The third kappa shape index (κ3) is 7.80. The molecule has 0 fully saturated rings. The van der Waals surface area contributed by atoms with E-state index in [1.165, 1.54) is 18.8 Å². The summed E-state index contributed by atoms with van der Waals surface area (Å²) in [6.45, 7) is 1.21. The van der Waals surface area contributed by atoms with Gasteiger partial charge in [-0.1, -0.05) is 60.7 Å². The van der Waals surface area contributed by atoms with E-state index in [-0.39, 0.29) is 19.8 Å². The van der Waals surface area contributed by atoms with Gasteiger partial charge in [-0.25, -0.2) is 4.79 Å². The molecule has 8 nitrogen and oxygen atoms in total. The number of carbonyl (C=O) groups is 2. The lowest BCUT2D eigenvalue weighted by molar-refractivity contribution is -0.156. The summed E-state index contributed by atoms with van der Waals surface area (Å²) in [5, 5.41) is 22.4. The van der Waals surface area contributed by atoms with Gasteiger partial charge in [0.15, 0.2) is 6.04 Å². The highest BCUT2D eigenvalue weighted by molar-refractivity contribution is 6.46. The molecule has 2 rings (SSSR count). The van der Waals surface area contributed by atoms with Crippen LogP contribution in [0.3, 0.4) is 0 Å². The summed E-state index contributed by atoms with van der Waals surface area (Å²) in [6, 6.07) is 16.5. The van der Waals surface area contributed by atoms with Gasteiger partial charge in [-0.05, 0) is 17.9 Å². The third-order valence-electron chi connectivity index (χ3n) is 4.64. The first-order valence-electron chi connectivity index (χ1n) is 10.0. The Morgan fingerprint density at radius 2 is 1.65 bits per heavy atom. The summed E-state index contributed by atoms with van der Waals surface area (Å²) in [4.78, 5) is 26.9. The topological polar surface area (TPSA) is 108 Å². The van der Waals surface area contributed by atoms with Gasteiger partial charge >= 0.3 is 13.0 Å². The maximum Gasteiger partial charge on any atom is 0.374 e. The average Bonchev–Trinajstić information content (AvgIpc) is 2.78. The summed E-state index contributed by atoms with van der Waals surface area (Å²) < 4.78 is 10.5. The van der Waals surface area contributed by atoms with Gasteiger partial charge in [-0.2, -0.15) is 0 Å². The standard InChI is InChI=1S/C22H29BN2O6/c1-23(29)24-19(16-31-15-18-11-7-4-8-12-18)21(27)25(20(14-26)22(28)30-2)13-17-9-5-3-6-10-17/h3-12,19-20,24,26,29H,13-16H2,1-2H3/t19-,20+/m0/s1. The van der Waals surface area contributed by atoms with E-state index >= 15 is 0 Å². The molecular formula is C22H29BN2O6. The quantitative estimate of drug-likeness (QED) is 0.340. The van der Waals surface area contributed by atoms with Gasteiger partial charge in [0, 0.05) is 6.54 Å². The maximum absolute atomic E-state index is 13.4. The van der Waals surface area contributed by atoms with Crippen LogP contribution in [0.1, 0.15) is 11.1 Å². The zero-order chi connectivity index (χ0) is 22.6. The number of aliphatic hydroxyl groups is 1. The molecule has 0 unspecified atom stereocenters. The van der Waals surface area contributed by atoms with Crippen molar-refractivity contribution in [2.24, 2.45) is 0 Å². The molecule has 9 heteroatoms. The van der Waals surface area contributed by atoms with Crippen LogP contribution >= 0.6 is 0 Å². The molecule has 0 bridgehead atoms. The van der Waals surface area contributed by atoms with Crippen LogP contribution in [-0.4, -0.2) is 66.4 Å². The molecule has 166 valence electrons. The van der Waals surface area contributed by atoms with Crippen LogP contribution < -0.4 is 5.23 Å². The maximum atomic E-state index is 13.4. The van der Waals surface area contributed by atoms with E-state index in [1.807, 2.05) is 60.7 Å². The molecule has 31 heavy (non-hydrogen) atoms. The van der Waals surface area contributed by atoms with Crippen LogP contribution in [-0.2, 0) is 32.2 Å². The van der Waals surface area contributed by atoms with Crippen LogP contribution in [0.15, 0.2) is 60.7 Å². The first kappa shape index (κ1) is 24.6. The van der Waals surface area contributed by atoms with Crippen LogP contribution in [0, 0.1) is 0 Å². The molecule has 0 aliphatic heterocycles. The Balaban J connectivity index is 2.21. The second-order valence-electron chi connectivity index (χ2n) is 7.07. The number of ether oxygens (including phenoxy) is 2. The van der Waals surface area contributed by atoms with Gasteiger partial charge in [0.2, 0.25) is 5.91 Å². The highest BCUT2D eigenvalue weighted by atomic mass is 16.5. The molecule has 0 radical (unpaired) electrons. The predicted octanol–water partition coefficient (Wildman–Crippen LogP) is 0.834. The molecule has 0 spiro atoms. The van der Waals surface area contributed by atoms with Gasteiger partial charge in [0.05, 0.1) is 26.9 Å². The Morgan fingerprint density at radius 3 is 2.16 bits per heavy atom. The number of aliphatic hydroxyl groups excluding tert-OH is 1. The van der Waals surface area contributed by atoms with E-state index in [9.17, 15) is 19.7 Å². The van der Waals surface area contributed by atoms with Crippen LogP contribution in [0.2, 0.25) is 6.82 Å². The number of nitrogens with one attached hydrogen (secondary N) is 1. The number of hydrogen-bond acceptors (Lipinski definition) is 7. The van der Waals surface area contributed by atoms with Gasteiger partial charge in [0.25, 0.3) is 0 Å². The monoisotopic (exact) mass is 428 g/mol. The molecule has 0 aromatic heterocycles. The minimum Gasteiger partial charge on any atom is -0.467 e. The average molecular weight is 428 g/mol. The number of benzene rings is 2. The van der Waals surface area contributed by atoms with Crippen molar-refractivity contribution in [3.8, 4) is 0 Å². The zero-order valence-corrected chi connectivity index (χ0v) is 17.8. The molecule has 2 aromatic rings. The fourth-order valence-corrected chi connectivity index (χ4v) is 3.11. The molecule has 2 aromatic carbocycles. The normalized spacial score (nSPS) is 12.6. The fourth-order valence-electron chi connectivity index (χ4n) is 3.11. The zero-order valence-electron chi connectivity index (χ0n) is 17.8. The summed E-state index contributed by atoms with van der Waals surface area (Å²) in [5.41, 5.74) is 1.72. The number of esters is 1. The second kappa shape index (κ2) is 12.9. The van der Waals surface area contributed by atoms with E-state index < -0.39 is 37.6 Å². The number of carbonyl (C=O) groups excluding carboxylic acids is 2. The minimum atomic E-state index is -1.19. The predicted molar refractivity (Wildman–Crippen MR) is 117 cm³/mol. The Morgan fingerprint density at radius 1 is 1.06 bits per heavy atom. The van der Waals surface area contributed by atoms with Crippen molar-refractivity contribution in [1.82, 2.24) is 10.1 Å². The van der Waals surface area contributed by atoms with Crippen LogP contribution in [0.5, 0.6) is 0 Å². The van der Waals surface area contributed by atoms with Crippen molar-refractivity contribution >= 4 is 18.9 Å². The summed E-state index contributed by atoms with van der Waals surface area (Å²) in [7, 11) is 0.212. The number of amides is 1. The van der Waals surface area contributed by atoms with Crippen molar-refractivity contribution in [2.75, 3.05) is 20.3 Å². The van der Waals surface area contributed by atoms with E-state index in [0.29, 0.717) is 0 Å². The highest BCUT2D eigenvalue weighted by Gasteiger charge is 2.35. The SMILES string of the molecule is COC(=O)[C@@H](CO)N(Cc1ccccc1)C(=O)[C@H](COCc1ccccc1)NB(C)O. The Kier molecular flexibility index (Phi) is 10.2. The van der Waals surface area contributed by atoms with Crippen molar-refractivity contribution in [1.29, 1.82) is 0 Å². The fraction of sp³-hybridized carbons (Fsp3) is 0.364. The minimum absolute atomic E-state index is 0.0385. The van der Waals surface area contributed by atoms with Crippen LogP contribution in [0.4, 0.5) is 0 Å². The van der Waals surface area contributed by atoms with Gasteiger partial charge in [-0.3, -0.25) is 4.79 Å². The molecular weight excluding hydrogens is 399 g/mol. The van der Waals surface area contributed by atoms with Gasteiger partial charge in [-0.15, -0.1) is 0 Å². The molecule has 0 saturated carbocycles. The van der Waals surface area contributed by atoms with E-state index in [4.69, 9.17) is 9.47 Å². The first-order chi connectivity index (χ1) is 15.0. The molecule has 0 aliphatic rings. The Hall–Kier alpha value is -2.72. The Bertz CT molecular complexity index is 806. The van der Waals surface area contributed by atoms with Crippen molar-refractivity contribution < 1.29 is 29.2 Å². The van der Waals surface area contributed by atoms with Crippen molar-refractivity contribution in [3.63, 3.8) is 0 Å². The van der Waals surface area contributed by atoms with E-state index in [0.717, 1.165) is 11.1 Å². The van der Waals surface area contributed by atoms with Crippen molar-refractivity contribution in [3.05, 3.63) is 71.8 Å². The number of hydrogen-bond donors (Lipinski definition) is 3. The second-order valence-corrected chi connectivity index (χ2v) is 7.07. The number of rotatable bonds is 12. The van der Waals surface area contributed by atoms with E-state index in [1.54, 1.807) is 0 Å². The van der Waals surface area contributed by atoms with Crippen LogP contribution in [0.25, 0.3) is 0 Å². The van der Waals surface area contributed by atoms with Gasteiger partial charge in [0.1, 0.15) is 6.04 Å². The third-order valence-corrected chi connectivity index (χ3v) is 4.64. The van der Waals surface area contributed by atoms with E-state index in [2.05, 4.69) is 5.23 Å². The lowest BCUT2D eigenvalue weighted by Gasteiger charge is -2.32. The summed E-state index contributed by atoms with van der Waals surface area (Å²) >= 11 is 0. The molecule has 0 saturated heterocycles.